The summed E-state index contributed by atoms with van der Waals surface area (Å²) >= 11 is 14.5. The third-order valence-electron chi connectivity index (χ3n) is 1.45. The number of benzene rings is 1. The van der Waals surface area contributed by atoms with Crippen molar-refractivity contribution in [2.75, 3.05) is 5.33 Å². The Bertz CT molecular complexity index is 258. The van der Waals surface area contributed by atoms with E-state index >= 15 is 0 Å². The Morgan fingerprint density at radius 3 is 2.25 bits per heavy atom. The molecule has 0 heterocycles. The van der Waals surface area contributed by atoms with Crippen molar-refractivity contribution in [3.8, 4) is 0 Å². The molecule has 0 spiro atoms. The second kappa shape index (κ2) is 4.45. The normalized spacial score (nSPS) is 13.0. The van der Waals surface area contributed by atoms with Gasteiger partial charge in [-0.2, -0.15) is 0 Å². The highest BCUT2D eigenvalue weighted by molar-refractivity contribution is 9.09. The number of hydrogen-bond donors (Lipinski definition) is 0. The van der Waals surface area contributed by atoms with E-state index in [0.717, 1.165) is 0 Å². The summed E-state index contributed by atoms with van der Waals surface area (Å²) in [5, 5.41) is 0.945. The van der Waals surface area contributed by atoms with Crippen molar-refractivity contribution in [2.24, 2.45) is 0 Å². The van der Waals surface area contributed by atoms with Gasteiger partial charge in [-0.1, -0.05) is 45.2 Å². The van der Waals surface area contributed by atoms with Gasteiger partial charge in [-0.05, 0) is 12.1 Å². The van der Waals surface area contributed by atoms with Crippen molar-refractivity contribution in [2.45, 2.75) is 6.17 Å². The molecule has 0 aliphatic heterocycles. The van der Waals surface area contributed by atoms with Gasteiger partial charge < -0.3 is 0 Å². The highest BCUT2D eigenvalue weighted by atomic mass is 79.9. The van der Waals surface area contributed by atoms with E-state index in [1.807, 2.05) is 0 Å². The number of hydrogen-bond acceptors (Lipinski definition) is 0. The van der Waals surface area contributed by atoms with Crippen LogP contribution < -0.4 is 0 Å². The molecule has 1 aromatic rings. The van der Waals surface area contributed by atoms with Gasteiger partial charge >= 0.3 is 0 Å². The molecular formula is C8H6BrCl2F. The van der Waals surface area contributed by atoms with Gasteiger partial charge in [-0.3, -0.25) is 0 Å². The van der Waals surface area contributed by atoms with Gasteiger partial charge in [-0.25, -0.2) is 4.39 Å². The van der Waals surface area contributed by atoms with E-state index in [1.165, 1.54) is 0 Å². The van der Waals surface area contributed by atoms with Crippen LogP contribution in [0.1, 0.15) is 11.7 Å². The molecule has 0 saturated carbocycles. The Morgan fingerprint density at radius 2 is 1.83 bits per heavy atom. The molecule has 0 aromatic heterocycles. The zero-order chi connectivity index (χ0) is 9.14. The Labute approximate surface area is 88.8 Å². The average molecular weight is 272 g/mol. The molecule has 1 atom stereocenters. The molecule has 0 aliphatic carbocycles. The fourth-order valence-electron chi connectivity index (χ4n) is 0.887. The molecule has 12 heavy (non-hydrogen) atoms. The lowest BCUT2D eigenvalue weighted by Crippen LogP contribution is -1.94. The zero-order valence-electron chi connectivity index (χ0n) is 6.03. The van der Waals surface area contributed by atoms with Crippen molar-refractivity contribution in [3.05, 3.63) is 33.8 Å². The minimum atomic E-state index is -1.15. The van der Waals surface area contributed by atoms with Gasteiger partial charge in [-0.15, -0.1) is 0 Å². The van der Waals surface area contributed by atoms with Crippen LogP contribution in [-0.2, 0) is 0 Å². The maximum absolute atomic E-state index is 13.2. The number of halogens is 4. The van der Waals surface area contributed by atoms with Crippen molar-refractivity contribution in [1.82, 2.24) is 0 Å². The molecule has 1 rings (SSSR count). The summed E-state index contributed by atoms with van der Waals surface area (Å²) in [5.74, 6) is 0. The third-order valence-corrected chi connectivity index (χ3v) is 2.68. The van der Waals surface area contributed by atoms with Crippen LogP contribution >= 0.6 is 39.1 Å². The highest BCUT2D eigenvalue weighted by Gasteiger charge is 2.15. The fourth-order valence-corrected chi connectivity index (χ4v) is 1.85. The van der Waals surface area contributed by atoms with Crippen LogP contribution in [0.2, 0.25) is 10.0 Å². The van der Waals surface area contributed by atoms with Gasteiger partial charge in [0.05, 0.1) is 0 Å². The first-order chi connectivity index (χ1) is 5.66. The summed E-state index contributed by atoms with van der Waals surface area (Å²) < 4.78 is 13.2. The summed E-state index contributed by atoms with van der Waals surface area (Å²) in [7, 11) is 0. The average Bonchev–Trinajstić information content (AvgIpc) is 2.03. The first-order valence-electron chi connectivity index (χ1n) is 3.30. The predicted octanol–water partition coefficient (Wildman–Crippen LogP) is 4.40. The first-order valence-corrected chi connectivity index (χ1v) is 5.18. The van der Waals surface area contributed by atoms with E-state index in [2.05, 4.69) is 15.9 Å². The van der Waals surface area contributed by atoms with E-state index in [4.69, 9.17) is 23.2 Å². The van der Waals surface area contributed by atoms with Gasteiger partial charge in [0, 0.05) is 20.9 Å². The van der Waals surface area contributed by atoms with Crippen LogP contribution in [0.4, 0.5) is 4.39 Å². The number of alkyl halides is 2. The summed E-state index contributed by atoms with van der Waals surface area (Å²) in [5.41, 5.74) is 0.359. The molecule has 1 unspecified atom stereocenters. The summed E-state index contributed by atoms with van der Waals surface area (Å²) in [6.07, 6.45) is -1.15. The maximum Gasteiger partial charge on any atom is 0.138 e. The van der Waals surface area contributed by atoms with Crippen LogP contribution in [0.25, 0.3) is 0 Å². The smallest absolute Gasteiger partial charge is 0.138 e. The van der Waals surface area contributed by atoms with Crippen LogP contribution in [-0.4, -0.2) is 5.33 Å². The van der Waals surface area contributed by atoms with Crippen LogP contribution in [0.3, 0.4) is 0 Å². The lowest BCUT2D eigenvalue weighted by Gasteiger charge is -2.08. The SMILES string of the molecule is FC(CBr)c1c(Cl)cccc1Cl. The lowest BCUT2D eigenvalue weighted by molar-refractivity contribution is 0.383. The zero-order valence-corrected chi connectivity index (χ0v) is 9.13. The van der Waals surface area contributed by atoms with Crippen LogP contribution in [0.15, 0.2) is 18.2 Å². The fraction of sp³-hybridized carbons (Fsp3) is 0.250. The predicted molar refractivity (Wildman–Crippen MR) is 54.1 cm³/mol. The standard InChI is InChI=1S/C8H6BrCl2F/c9-4-7(12)8-5(10)2-1-3-6(8)11/h1-3,7H,4H2. The lowest BCUT2D eigenvalue weighted by atomic mass is 10.1. The summed E-state index contributed by atoms with van der Waals surface area (Å²) in [4.78, 5) is 0. The minimum absolute atomic E-state index is 0.205. The molecule has 0 bridgehead atoms. The Morgan fingerprint density at radius 1 is 1.33 bits per heavy atom. The maximum atomic E-state index is 13.2. The molecule has 0 radical (unpaired) electrons. The number of rotatable bonds is 2. The second-order valence-electron chi connectivity index (χ2n) is 2.26. The van der Waals surface area contributed by atoms with E-state index in [0.29, 0.717) is 15.6 Å². The largest absolute Gasteiger partial charge is 0.241 e. The molecular weight excluding hydrogens is 266 g/mol. The monoisotopic (exact) mass is 270 g/mol. The molecule has 0 nitrogen and oxygen atoms in total. The van der Waals surface area contributed by atoms with Crippen molar-refractivity contribution < 1.29 is 4.39 Å². The van der Waals surface area contributed by atoms with Gasteiger partial charge in [0.1, 0.15) is 6.17 Å². The van der Waals surface area contributed by atoms with Crippen LogP contribution in [0, 0.1) is 0 Å². The van der Waals surface area contributed by atoms with Gasteiger partial charge in [0.15, 0.2) is 0 Å². The summed E-state index contributed by atoms with van der Waals surface area (Å²) in [6, 6.07) is 4.94. The van der Waals surface area contributed by atoms with E-state index in [-0.39, 0.29) is 5.33 Å². The minimum Gasteiger partial charge on any atom is -0.241 e. The Kier molecular flexibility index (Phi) is 3.81. The first kappa shape index (κ1) is 10.3. The Balaban J connectivity index is 3.12. The van der Waals surface area contributed by atoms with Gasteiger partial charge in [0.25, 0.3) is 0 Å². The third kappa shape index (κ3) is 2.12. The van der Waals surface area contributed by atoms with Crippen molar-refractivity contribution in [3.63, 3.8) is 0 Å². The van der Waals surface area contributed by atoms with Crippen LogP contribution in [0.5, 0.6) is 0 Å². The molecule has 0 N–H and O–H groups in total. The molecule has 0 amide bonds. The molecule has 0 saturated heterocycles. The Hall–Kier alpha value is 0.210. The second-order valence-corrected chi connectivity index (χ2v) is 3.72. The van der Waals surface area contributed by atoms with Crippen molar-refractivity contribution >= 4 is 39.1 Å². The quantitative estimate of drug-likeness (QED) is 0.700. The molecule has 0 aliphatic rings. The van der Waals surface area contributed by atoms with E-state index < -0.39 is 6.17 Å². The topological polar surface area (TPSA) is 0 Å². The summed E-state index contributed by atoms with van der Waals surface area (Å²) in [6.45, 7) is 0. The molecule has 66 valence electrons. The van der Waals surface area contributed by atoms with Gasteiger partial charge in [0.2, 0.25) is 0 Å². The molecule has 0 fully saturated rings. The van der Waals surface area contributed by atoms with E-state index in [9.17, 15) is 4.39 Å². The van der Waals surface area contributed by atoms with Crippen molar-refractivity contribution in [1.29, 1.82) is 0 Å². The molecule has 1 aromatic carbocycles. The van der Waals surface area contributed by atoms with E-state index in [1.54, 1.807) is 18.2 Å². The highest BCUT2D eigenvalue weighted by Crippen LogP contribution is 2.33. The molecule has 4 heteroatoms.